The van der Waals surface area contributed by atoms with Crippen molar-refractivity contribution in [3.8, 4) is 78.4 Å². The van der Waals surface area contributed by atoms with Gasteiger partial charge >= 0.3 is 0 Å². The fourth-order valence-electron chi connectivity index (χ4n) is 19.9. The average Bonchev–Trinajstić information content (AvgIpc) is 1.64. The summed E-state index contributed by atoms with van der Waals surface area (Å²) in [5, 5.41) is 9.96. The molecule has 0 aliphatic carbocycles. The molecular formula is C132H99FN4. The van der Waals surface area contributed by atoms with E-state index in [4.69, 9.17) is 0 Å². The molecule has 137 heavy (non-hydrogen) atoms. The maximum absolute atomic E-state index is 14.7. The quantitative estimate of drug-likeness (QED) is 0.0866. The van der Waals surface area contributed by atoms with Crippen LogP contribution < -0.4 is 0 Å². The molecule has 654 valence electrons. The van der Waals surface area contributed by atoms with E-state index in [1.165, 1.54) is 194 Å². The van der Waals surface area contributed by atoms with Crippen LogP contribution in [0.3, 0.4) is 0 Å². The predicted molar refractivity (Wildman–Crippen MR) is 577 cm³/mol. The molecule has 4 nitrogen and oxygen atoms in total. The van der Waals surface area contributed by atoms with Crippen molar-refractivity contribution < 1.29 is 4.39 Å². The number of rotatable bonds is 17. The molecule has 0 spiro atoms. The van der Waals surface area contributed by atoms with Gasteiger partial charge in [0.2, 0.25) is 0 Å². The van der Waals surface area contributed by atoms with Gasteiger partial charge in [-0.2, -0.15) is 0 Å². The number of hydrogen-bond acceptors (Lipinski definition) is 0. The zero-order chi connectivity index (χ0) is 91.9. The molecule has 0 saturated carbocycles. The molecule has 4 heterocycles. The molecule has 21 aromatic carbocycles. The molecule has 25 rings (SSSR count). The Labute approximate surface area is 799 Å². The van der Waals surface area contributed by atoms with E-state index >= 15 is 0 Å². The van der Waals surface area contributed by atoms with E-state index in [1.54, 1.807) is 6.07 Å². The number of nitrogens with zero attached hydrogens (tertiary/aromatic N) is 4. The Morgan fingerprint density at radius 3 is 0.759 bits per heavy atom. The van der Waals surface area contributed by atoms with Gasteiger partial charge in [0.25, 0.3) is 0 Å². The van der Waals surface area contributed by atoms with E-state index in [-0.39, 0.29) is 5.82 Å². The summed E-state index contributed by atoms with van der Waals surface area (Å²) in [5.74, 6) is -0.224. The second kappa shape index (κ2) is 38.5. The minimum Gasteiger partial charge on any atom is -0.309 e. The highest BCUT2D eigenvalue weighted by molar-refractivity contribution is 6.14. The monoisotopic (exact) mass is 1760 g/mol. The van der Waals surface area contributed by atoms with Crippen LogP contribution in [0.25, 0.3) is 166 Å². The van der Waals surface area contributed by atoms with E-state index in [2.05, 4.69) is 501 Å². The van der Waals surface area contributed by atoms with Gasteiger partial charge in [-0.15, -0.1) is 0 Å². The fraction of sp³-hybridized carbons (Fsp3) is 0.0455. The van der Waals surface area contributed by atoms with Crippen molar-refractivity contribution >= 4 is 87.2 Å². The van der Waals surface area contributed by atoms with Gasteiger partial charge in [-0.3, -0.25) is 0 Å². The smallest absolute Gasteiger partial charge is 0.147 e. The molecule has 0 aliphatic heterocycles. The Hall–Kier alpha value is -17.3. The summed E-state index contributed by atoms with van der Waals surface area (Å²) in [6.45, 7) is 4.33. The molecule has 0 N–H and O–H groups in total. The minimum absolute atomic E-state index is 0.224. The van der Waals surface area contributed by atoms with Crippen LogP contribution in [0.15, 0.2) is 516 Å². The fourth-order valence-corrected chi connectivity index (χ4v) is 19.9. The molecule has 5 heteroatoms. The third kappa shape index (κ3) is 17.9. The molecule has 0 atom stereocenters. The number of halogens is 1. The molecular weight excluding hydrogens is 1660 g/mol. The highest BCUT2D eigenvalue weighted by Gasteiger charge is 2.21. The molecule has 0 radical (unpaired) electrons. The first-order valence-corrected chi connectivity index (χ1v) is 47.3. The molecule has 4 aromatic heterocycles. The molecule has 25 aromatic rings. The van der Waals surface area contributed by atoms with Crippen LogP contribution in [0.5, 0.6) is 0 Å². The number of aryl methyl sites for hydroxylation is 2. The third-order valence-corrected chi connectivity index (χ3v) is 26.8. The Morgan fingerprint density at radius 2 is 0.409 bits per heavy atom. The van der Waals surface area contributed by atoms with Crippen molar-refractivity contribution in [3.05, 3.63) is 577 Å². The topological polar surface area (TPSA) is 19.7 Å². The summed E-state index contributed by atoms with van der Waals surface area (Å²) in [6, 6.07) is 183. The third-order valence-electron chi connectivity index (χ3n) is 26.8. The van der Waals surface area contributed by atoms with Gasteiger partial charge in [0, 0.05) is 60.2 Å². The van der Waals surface area contributed by atoms with Crippen molar-refractivity contribution in [2.75, 3.05) is 0 Å². The van der Waals surface area contributed by atoms with Gasteiger partial charge in [-0.25, -0.2) is 4.39 Å². The molecule has 0 aliphatic rings. The SMILES string of the molecule is Cc1cccc(-n2c3ccccc3c3cc(-c4ccc(Cc5ccccc5)cc4)ccc32)c1.Cc1ccccc1-n1c2ccccc2c2cc(-c3ccc(Cc4ccccc4)cc3)ccc21.Fc1ccccc1-n1c2ccccc2c2cc(-c3ccc(Cc4ccccc4)cc3)ccc21.c1ccc(Cc2ccc(-c3ccc4c(c3)c3ccccc3n4-c3ccc(-c4ccccc4)cc3)cc2)cc1. The van der Waals surface area contributed by atoms with Crippen LogP contribution in [0.4, 0.5) is 4.39 Å². The number of aromatic nitrogens is 4. The Morgan fingerprint density at radius 1 is 0.161 bits per heavy atom. The summed E-state index contributed by atoms with van der Waals surface area (Å²) < 4.78 is 23.9. The summed E-state index contributed by atoms with van der Waals surface area (Å²) in [4.78, 5) is 0. The first-order valence-electron chi connectivity index (χ1n) is 47.3. The van der Waals surface area contributed by atoms with Crippen molar-refractivity contribution in [2.24, 2.45) is 0 Å². The van der Waals surface area contributed by atoms with Gasteiger partial charge in [0.1, 0.15) is 5.82 Å². The second-order valence-corrected chi connectivity index (χ2v) is 35.8. The van der Waals surface area contributed by atoms with Crippen LogP contribution in [0.1, 0.15) is 55.6 Å². The summed E-state index contributed by atoms with van der Waals surface area (Å²) >= 11 is 0. The van der Waals surface area contributed by atoms with E-state index in [9.17, 15) is 4.39 Å². The van der Waals surface area contributed by atoms with E-state index in [0.29, 0.717) is 5.69 Å². The summed E-state index contributed by atoms with van der Waals surface area (Å²) in [7, 11) is 0. The highest BCUT2D eigenvalue weighted by atomic mass is 19.1. The molecule has 0 fully saturated rings. The van der Waals surface area contributed by atoms with Gasteiger partial charge in [-0.1, -0.05) is 400 Å². The normalized spacial score (nSPS) is 11.3. The van der Waals surface area contributed by atoms with Crippen LogP contribution >= 0.6 is 0 Å². The number of benzene rings is 21. The van der Waals surface area contributed by atoms with E-state index in [1.807, 2.05) is 34.9 Å². The van der Waals surface area contributed by atoms with Crippen molar-refractivity contribution in [2.45, 2.75) is 39.5 Å². The van der Waals surface area contributed by atoms with Crippen molar-refractivity contribution in [1.82, 2.24) is 18.3 Å². The average molecular weight is 1760 g/mol. The van der Waals surface area contributed by atoms with Crippen LogP contribution in [-0.2, 0) is 25.7 Å². The Balaban J connectivity index is 0.000000106. The number of para-hydroxylation sites is 6. The first-order chi connectivity index (χ1) is 67.6. The van der Waals surface area contributed by atoms with Crippen LogP contribution in [0.2, 0.25) is 0 Å². The Bertz CT molecular complexity index is 8350. The van der Waals surface area contributed by atoms with Crippen LogP contribution in [0, 0.1) is 19.7 Å². The Kier molecular flexibility index (Phi) is 24.0. The lowest BCUT2D eigenvalue weighted by Gasteiger charge is -2.11. The minimum atomic E-state index is -0.224. The van der Waals surface area contributed by atoms with Crippen LogP contribution in [-0.4, -0.2) is 18.3 Å². The van der Waals surface area contributed by atoms with E-state index < -0.39 is 0 Å². The largest absolute Gasteiger partial charge is 0.309 e. The molecule has 0 unspecified atom stereocenters. The molecule has 0 saturated heterocycles. The predicted octanol–water partition coefficient (Wildman–Crippen LogP) is 34.6. The zero-order valence-electron chi connectivity index (χ0n) is 76.6. The van der Waals surface area contributed by atoms with Gasteiger partial charge in [0.05, 0.1) is 49.8 Å². The lowest BCUT2D eigenvalue weighted by atomic mass is 9.99. The lowest BCUT2D eigenvalue weighted by molar-refractivity contribution is 0.621. The van der Waals surface area contributed by atoms with Gasteiger partial charge < -0.3 is 18.3 Å². The second-order valence-electron chi connectivity index (χ2n) is 35.8. The van der Waals surface area contributed by atoms with Gasteiger partial charge in [-0.05, 0) is 266 Å². The standard InChI is InChI=1S/C37H27N.2C32H25N.C31H22FN/c1-3-9-27(10-4-1)25-28-15-17-31(18-16-28)32-21-24-37-35(26-32)34-13-7-8-14-36(34)38(37)33-22-19-30(20-23-33)29-11-5-2-6-12-29;1-23-9-5-7-13-30(23)33-31-14-8-6-12-28(31)29-22-27(19-20-32(29)33)26-17-15-25(16-18-26)21-24-10-3-2-4-11-24;1-23-8-7-11-28(20-23)33-31-13-6-5-12-29(31)30-22-27(18-19-32(30)33)26-16-14-25(15-17-26)21-24-9-3-2-4-10-24;32-28-11-5-7-13-31(28)33-29-12-6-4-10-26(29)27-21-25(18-19-30(27)33)24-16-14-23(15-17-24)20-22-8-2-1-3-9-22/h1-24,26H,25H2;2*2-20,22H,21H2,1H3;1-19,21H,20H2. The maximum Gasteiger partial charge on any atom is 0.147 e. The molecule has 0 bridgehead atoms. The van der Waals surface area contributed by atoms with Gasteiger partial charge in [0.15, 0.2) is 0 Å². The first kappa shape index (κ1) is 85.2. The van der Waals surface area contributed by atoms with Crippen molar-refractivity contribution in [3.63, 3.8) is 0 Å². The van der Waals surface area contributed by atoms with E-state index in [0.717, 1.165) is 53.1 Å². The summed E-state index contributed by atoms with van der Waals surface area (Å²) in [6.07, 6.45) is 3.81. The highest BCUT2D eigenvalue weighted by Crippen LogP contribution is 2.42. The number of hydrogen-bond donors (Lipinski definition) is 0. The van der Waals surface area contributed by atoms with Crippen molar-refractivity contribution in [1.29, 1.82) is 0 Å². The maximum atomic E-state index is 14.7. The zero-order valence-corrected chi connectivity index (χ0v) is 76.6. The lowest BCUT2D eigenvalue weighted by Crippen LogP contribution is -1.96. The summed E-state index contributed by atoms with van der Waals surface area (Å²) in [5.41, 5.74) is 39.1. The number of fused-ring (bicyclic) bond motifs is 12. The molecule has 0 amide bonds.